The molecule has 0 aliphatic rings. The molecule has 8 nitrogen and oxygen atoms in total. The topological polar surface area (TPSA) is 111 Å². The number of hydrogen-bond donors (Lipinski definition) is 2. The summed E-state index contributed by atoms with van der Waals surface area (Å²) in [6, 6.07) is 9.24. The molecular formula is C21H25N3O5S. The third-order valence-corrected chi connectivity index (χ3v) is 5.23. The van der Waals surface area contributed by atoms with E-state index in [1.165, 1.54) is 31.9 Å². The number of ether oxygens (including phenoxy) is 1. The summed E-state index contributed by atoms with van der Waals surface area (Å²) in [6.07, 6.45) is 0.939. The Morgan fingerprint density at radius 3 is 2.50 bits per heavy atom. The van der Waals surface area contributed by atoms with Crippen molar-refractivity contribution in [3.63, 3.8) is 0 Å². The maximum Gasteiger partial charge on any atom is 0.283 e. The Balaban J connectivity index is 2.25. The Kier molecular flexibility index (Phi) is 8.23. The van der Waals surface area contributed by atoms with Crippen LogP contribution in [-0.4, -0.2) is 29.6 Å². The van der Waals surface area contributed by atoms with Crippen molar-refractivity contribution in [2.24, 2.45) is 5.92 Å². The standard InChI is InChI=1S/C21H25N3O5S/c1-13(2)9-10-30-20-8-5-15(11-18(20)24(27)28)21(26)23-17-12-16(22-14(3)25)6-7-19(17)29-4/h5-8,11-13H,9-10H2,1-4H3,(H,22,25)(H,23,26). The maximum absolute atomic E-state index is 12.7. The molecule has 0 radical (unpaired) electrons. The average Bonchev–Trinajstić information content (AvgIpc) is 2.67. The average molecular weight is 432 g/mol. The Hall–Kier alpha value is -3.07. The number of benzene rings is 2. The molecule has 0 aromatic heterocycles. The molecule has 9 heteroatoms. The molecule has 2 N–H and O–H groups in total. The van der Waals surface area contributed by atoms with E-state index in [-0.39, 0.29) is 17.2 Å². The number of amides is 2. The monoisotopic (exact) mass is 431 g/mol. The van der Waals surface area contributed by atoms with Crippen LogP contribution in [0.25, 0.3) is 0 Å². The van der Waals surface area contributed by atoms with Gasteiger partial charge >= 0.3 is 0 Å². The number of nitrogens with zero attached hydrogens (tertiary/aromatic N) is 1. The second-order valence-electron chi connectivity index (χ2n) is 7.02. The van der Waals surface area contributed by atoms with E-state index in [0.29, 0.717) is 27.9 Å². The first-order valence-electron chi connectivity index (χ1n) is 9.39. The van der Waals surface area contributed by atoms with Crippen LogP contribution in [0.2, 0.25) is 0 Å². The molecule has 0 aliphatic heterocycles. The van der Waals surface area contributed by atoms with E-state index in [1.54, 1.807) is 30.3 Å². The van der Waals surface area contributed by atoms with E-state index in [9.17, 15) is 19.7 Å². The fraction of sp³-hybridized carbons (Fsp3) is 0.333. The van der Waals surface area contributed by atoms with Gasteiger partial charge in [0.1, 0.15) is 5.75 Å². The van der Waals surface area contributed by atoms with Crippen molar-refractivity contribution in [2.75, 3.05) is 23.5 Å². The summed E-state index contributed by atoms with van der Waals surface area (Å²) >= 11 is 1.41. The van der Waals surface area contributed by atoms with Crippen molar-refractivity contribution in [1.29, 1.82) is 0 Å². The van der Waals surface area contributed by atoms with E-state index >= 15 is 0 Å². The van der Waals surface area contributed by atoms with E-state index in [1.807, 2.05) is 0 Å². The van der Waals surface area contributed by atoms with Gasteiger partial charge in [0, 0.05) is 24.2 Å². The molecule has 0 bridgehead atoms. The number of rotatable bonds is 9. The van der Waals surface area contributed by atoms with Gasteiger partial charge in [0.05, 0.1) is 22.6 Å². The van der Waals surface area contributed by atoms with Crippen LogP contribution in [0.5, 0.6) is 5.75 Å². The zero-order valence-electron chi connectivity index (χ0n) is 17.4. The number of anilines is 2. The molecular weight excluding hydrogens is 406 g/mol. The normalized spacial score (nSPS) is 10.6. The minimum Gasteiger partial charge on any atom is -0.495 e. The van der Waals surface area contributed by atoms with E-state index < -0.39 is 10.8 Å². The highest BCUT2D eigenvalue weighted by Crippen LogP contribution is 2.32. The van der Waals surface area contributed by atoms with Crippen LogP contribution < -0.4 is 15.4 Å². The van der Waals surface area contributed by atoms with Gasteiger partial charge in [0.2, 0.25) is 5.91 Å². The highest BCUT2D eigenvalue weighted by Gasteiger charge is 2.19. The van der Waals surface area contributed by atoms with Gasteiger partial charge in [-0.15, -0.1) is 11.8 Å². The molecule has 0 saturated carbocycles. The lowest BCUT2D eigenvalue weighted by atomic mass is 10.1. The predicted molar refractivity (Wildman–Crippen MR) is 119 cm³/mol. The van der Waals surface area contributed by atoms with Gasteiger partial charge in [0.15, 0.2) is 0 Å². The quantitative estimate of drug-likeness (QED) is 0.330. The Morgan fingerprint density at radius 2 is 1.90 bits per heavy atom. The number of carbonyl (C=O) groups excluding carboxylic acids is 2. The predicted octanol–water partition coefficient (Wildman–Crippen LogP) is 4.95. The third kappa shape index (κ3) is 6.48. The summed E-state index contributed by atoms with van der Waals surface area (Å²) in [4.78, 5) is 35.5. The van der Waals surface area contributed by atoms with Gasteiger partial charge in [0.25, 0.3) is 11.6 Å². The molecule has 2 amide bonds. The van der Waals surface area contributed by atoms with Crippen molar-refractivity contribution in [3.05, 3.63) is 52.1 Å². The van der Waals surface area contributed by atoms with Gasteiger partial charge < -0.3 is 15.4 Å². The first-order chi connectivity index (χ1) is 14.2. The summed E-state index contributed by atoms with van der Waals surface area (Å²) in [5.74, 6) is 0.892. The number of nitro groups is 1. The highest BCUT2D eigenvalue weighted by atomic mass is 32.2. The number of methoxy groups -OCH3 is 1. The number of carbonyl (C=O) groups is 2. The first-order valence-corrected chi connectivity index (χ1v) is 10.4. The van der Waals surface area contributed by atoms with Crippen LogP contribution in [0.15, 0.2) is 41.3 Å². The van der Waals surface area contributed by atoms with E-state index in [0.717, 1.165) is 12.2 Å². The molecule has 0 atom stereocenters. The van der Waals surface area contributed by atoms with Gasteiger partial charge in [-0.3, -0.25) is 19.7 Å². The van der Waals surface area contributed by atoms with E-state index in [2.05, 4.69) is 24.5 Å². The second-order valence-corrected chi connectivity index (χ2v) is 8.16. The van der Waals surface area contributed by atoms with Gasteiger partial charge in [-0.2, -0.15) is 0 Å². The summed E-state index contributed by atoms with van der Waals surface area (Å²) < 4.78 is 5.25. The first kappa shape index (κ1) is 23.2. The van der Waals surface area contributed by atoms with Crippen LogP contribution in [0.3, 0.4) is 0 Å². The molecule has 0 aliphatic carbocycles. The molecule has 0 saturated heterocycles. The lowest BCUT2D eigenvalue weighted by molar-refractivity contribution is -0.387. The van der Waals surface area contributed by atoms with Crippen molar-refractivity contribution >= 4 is 40.6 Å². The van der Waals surface area contributed by atoms with Gasteiger partial charge in [-0.05, 0) is 48.4 Å². The maximum atomic E-state index is 12.7. The van der Waals surface area contributed by atoms with Crippen LogP contribution in [-0.2, 0) is 4.79 Å². The molecule has 0 heterocycles. The second kappa shape index (κ2) is 10.6. The van der Waals surface area contributed by atoms with Crippen molar-refractivity contribution in [2.45, 2.75) is 32.1 Å². The summed E-state index contributed by atoms with van der Waals surface area (Å²) in [5, 5.41) is 16.8. The lowest BCUT2D eigenvalue weighted by Gasteiger charge is -2.13. The molecule has 2 rings (SSSR count). The largest absolute Gasteiger partial charge is 0.495 e. The fourth-order valence-electron chi connectivity index (χ4n) is 2.61. The summed E-state index contributed by atoms with van der Waals surface area (Å²) in [6.45, 7) is 5.57. The van der Waals surface area contributed by atoms with E-state index in [4.69, 9.17) is 4.74 Å². The van der Waals surface area contributed by atoms with Crippen molar-refractivity contribution in [1.82, 2.24) is 0 Å². The number of nitro benzene ring substituents is 1. The minimum atomic E-state index is -0.518. The Bertz CT molecular complexity index is 946. The zero-order chi connectivity index (χ0) is 22.3. The smallest absolute Gasteiger partial charge is 0.283 e. The Morgan fingerprint density at radius 1 is 1.17 bits per heavy atom. The van der Waals surface area contributed by atoms with Gasteiger partial charge in [-0.1, -0.05) is 13.8 Å². The molecule has 0 fully saturated rings. The van der Waals surface area contributed by atoms with Crippen molar-refractivity contribution in [3.8, 4) is 5.75 Å². The minimum absolute atomic E-state index is 0.102. The SMILES string of the molecule is COc1ccc(NC(C)=O)cc1NC(=O)c1ccc(SCCC(C)C)c([N+](=O)[O-])c1. The lowest BCUT2D eigenvalue weighted by Crippen LogP contribution is -2.14. The molecule has 160 valence electrons. The number of hydrogen-bond acceptors (Lipinski definition) is 6. The number of nitrogens with one attached hydrogen (secondary N) is 2. The summed E-state index contributed by atoms with van der Waals surface area (Å²) in [5.41, 5.74) is 0.880. The van der Waals surface area contributed by atoms with Crippen molar-refractivity contribution < 1.29 is 19.2 Å². The van der Waals surface area contributed by atoms with Crippen LogP contribution in [0.1, 0.15) is 37.6 Å². The zero-order valence-corrected chi connectivity index (χ0v) is 18.2. The van der Waals surface area contributed by atoms with Crippen LogP contribution in [0, 0.1) is 16.0 Å². The molecule has 2 aromatic rings. The fourth-order valence-corrected chi connectivity index (χ4v) is 3.86. The highest BCUT2D eigenvalue weighted by molar-refractivity contribution is 7.99. The molecule has 0 spiro atoms. The molecule has 0 unspecified atom stereocenters. The Labute approximate surface area is 179 Å². The summed E-state index contributed by atoms with van der Waals surface area (Å²) in [7, 11) is 1.46. The van der Waals surface area contributed by atoms with Crippen LogP contribution in [0.4, 0.5) is 17.1 Å². The number of thioether (sulfide) groups is 1. The molecule has 2 aromatic carbocycles. The third-order valence-electron chi connectivity index (χ3n) is 4.14. The van der Waals surface area contributed by atoms with Gasteiger partial charge in [-0.25, -0.2) is 0 Å². The molecule has 30 heavy (non-hydrogen) atoms. The van der Waals surface area contributed by atoms with Crippen LogP contribution >= 0.6 is 11.8 Å².